The molecule has 5 atom stereocenters. The predicted octanol–water partition coefficient (Wildman–Crippen LogP) is 3.33. The van der Waals surface area contributed by atoms with Crippen LogP contribution in [0.4, 0.5) is 0 Å². The van der Waals surface area contributed by atoms with Crippen molar-refractivity contribution in [1.29, 1.82) is 0 Å². The molecule has 162 valence electrons. The molecule has 0 amide bonds. The molecule has 1 aliphatic heterocycles. The van der Waals surface area contributed by atoms with Crippen molar-refractivity contribution in [2.24, 2.45) is 17.3 Å². The van der Waals surface area contributed by atoms with E-state index in [2.05, 4.69) is 6.92 Å². The zero-order valence-electron chi connectivity index (χ0n) is 18.2. The number of allylic oxidation sites excluding steroid dienone is 2. The van der Waals surface area contributed by atoms with Gasteiger partial charge in [-0.2, -0.15) is 0 Å². The lowest BCUT2D eigenvalue weighted by atomic mass is 9.62. The molecule has 0 aromatic rings. The van der Waals surface area contributed by atoms with Crippen LogP contribution in [0.15, 0.2) is 23.8 Å². The highest BCUT2D eigenvalue weighted by atomic mass is 16.6. The molecule has 29 heavy (non-hydrogen) atoms. The molecule has 2 saturated carbocycles. The third kappa shape index (κ3) is 4.43. The van der Waals surface area contributed by atoms with Crippen LogP contribution in [0.3, 0.4) is 0 Å². The summed E-state index contributed by atoms with van der Waals surface area (Å²) in [5.41, 5.74) is -0.721. The molecule has 0 spiro atoms. The van der Waals surface area contributed by atoms with E-state index in [1.54, 1.807) is 27.0 Å². The number of hydrogen-bond acceptors (Lipinski definition) is 6. The van der Waals surface area contributed by atoms with Crippen molar-refractivity contribution >= 4 is 11.9 Å². The second kappa shape index (κ2) is 7.88. The summed E-state index contributed by atoms with van der Waals surface area (Å²) in [6.45, 7) is 7.30. The number of methoxy groups -OCH3 is 1. The number of ether oxygens (including phenoxy) is 3. The molecule has 1 saturated heterocycles. The Hall–Kier alpha value is -1.66. The van der Waals surface area contributed by atoms with E-state index in [-0.39, 0.29) is 41.9 Å². The number of carbonyl (C=O) groups excluding carboxylic acids is 2. The van der Waals surface area contributed by atoms with E-state index in [0.717, 1.165) is 18.4 Å². The van der Waals surface area contributed by atoms with Gasteiger partial charge in [-0.05, 0) is 57.4 Å². The minimum absolute atomic E-state index is 0.0144. The fraction of sp³-hybridized carbons (Fsp3) is 0.739. The smallest absolute Gasteiger partial charge is 0.312 e. The Morgan fingerprint density at radius 1 is 1.31 bits per heavy atom. The second-order valence-electron chi connectivity index (χ2n) is 9.72. The Bertz CT molecular complexity index is 717. The highest BCUT2D eigenvalue weighted by molar-refractivity contribution is 5.76. The quantitative estimate of drug-likeness (QED) is 0.721. The molecule has 6 nitrogen and oxygen atoms in total. The Labute approximate surface area is 173 Å². The first-order valence-electron chi connectivity index (χ1n) is 10.5. The third-order valence-electron chi connectivity index (χ3n) is 6.95. The lowest BCUT2D eigenvalue weighted by Gasteiger charge is -2.50. The van der Waals surface area contributed by atoms with Crippen LogP contribution in [0.2, 0.25) is 0 Å². The topological polar surface area (TPSA) is 82.1 Å². The monoisotopic (exact) mass is 406 g/mol. The van der Waals surface area contributed by atoms with Crippen molar-refractivity contribution in [3.05, 3.63) is 23.8 Å². The van der Waals surface area contributed by atoms with Crippen molar-refractivity contribution in [1.82, 2.24) is 0 Å². The molecule has 3 rings (SSSR count). The van der Waals surface area contributed by atoms with Gasteiger partial charge in [0, 0.05) is 19.4 Å². The lowest BCUT2D eigenvalue weighted by Crippen LogP contribution is -2.56. The molecular formula is C23H34O6. The van der Waals surface area contributed by atoms with Crippen molar-refractivity contribution in [2.75, 3.05) is 13.7 Å². The summed E-state index contributed by atoms with van der Waals surface area (Å²) in [5.74, 6) is -0.820. The lowest BCUT2D eigenvalue weighted by molar-refractivity contribution is -0.191. The summed E-state index contributed by atoms with van der Waals surface area (Å²) in [4.78, 5) is 24.6. The van der Waals surface area contributed by atoms with Gasteiger partial charge in [-0.15, -0.1) is 0 Å². The maximum absolute atomic E-state index is 12.9. The number of esters is 2. The Kier molecular flexibility index (Phi) is 5.98. The molecule has 2 bridgehead atoms. The van der Waals surface area contributed by atoms with Gasteiger partial charge in [0.05, 0.1) is 17.1 Å². The Balaban J connectivity index is 1.97. The van der Waals surface area contributed by atoms with E-state index in [4.69, 9.17) is 14.2 Å². The molecule has 1 N–H and O–H groups in total. The average molecular weight is 407 g/mol. The summed E-state index contributed by atoms with van der Waals surface area (Å²) >= 11 is 0. The highest BCUT2D eigenvalue weighted by Gasteiger charge is 2.60. The standard InChI is InChI=1S/C23H34O6/c1-15(24)29-18-9-12-23(27-5)14-22(18,4)11-8-17-16(7-6-10-21(2,3)26)13-28-20(25)19(17)23/h6-7,10,17-19,26H,8-9,11-14H2,1-5H3/b10-6+,16-7-/t17-,18+,19+,22+,23-/m1/s1. The average Bonchev–Trinajstić information content (AvgIpc) is 2.72. The van der Waals surface area contributed by atoms with Gasteiger partial charge in [-0.25, -0.2) is 0 Å². The zero-order chi connectivity index (χ0) is 21.4. The summed E-state index contributed by atoms with van der Waals surface area (Å²) in [5, 5.41) is 9.94. The van der Waals surface area contributed by atoms with Gasteiger partial charge in [0.1, 0.15) is 12.7 Å². The summed E-state index contributed by atoms with van der Waals surface area (Å²) in [6, 6.07) is 0. The molecule has 3 fully saturated rings. The van der Waals surface area contributed by atoms with Crippen LogP contribution in [0.1, 0.15) is 59.8 Å². The minimum Gasteiger partial charge on any atom is -0.462 e. The van der Waals surface area contributed by atoms with Crippen LogP contribution in [0, 0.1) is 17.3 Å². The van der Waals surface area contributed by atoms with Crippen LogP contribution >= 0.6 is 0 Å². The molecule has 3 aliphatic rings. The van der Waals surface area contributed by atoms with Crippen molar-refractivity contribution in [2.45, 2.75) is 77.1 Å². The van der Waals surface area contributed by atoms with Gasteiger partial charge < -0.3 is 19.3 Å². The van der Waals surface area contributed by atoms with E-state index in [0.29, 0.717) is 19.3 Å². The minimum atomic E-state index is -0.902. The fourth-order valence-electron chi connectivity index (χ4n) is 5.55. The van der Waals surface area contributed by atoms with E-state index in [9.17, 15) is 14.7 Å². The zero-order valence-corrected chi connectivity index (χ0v) is 18.2. The Morgan fingerprint density at radius 3 is 2.66 bits per heavy atom. The van der Waals surface area contributed by atoms with E-state index in [1.165, 1.54) is 6.92 Å². The van der Waals surface area contributed by atoms with Gasteiger partial charge >= 0.3 is 11.9 Å². The van der Waals surface area contributed by atoms with Gasteiger partial charge in [0.15, 0.2) is 0 Å². The van der Waals surface area contributed by atoms with Crippen LogP contribution < -0.4 is 0 Å². The van der Waals surface area contributed by atoms with Crippen molar-refractivity contribution in [3.8, 4) is 0 Å². The number of fused-ring (bicyclic) bond motifs is 4. The van der Waals surface area contributed by atoms with Gasteiger partial charge in [-0.3, -0.25) is 9.59 Å². The van der Waals surface area contributed by atoms with Crippen molar-refractivity contribution < 1.29 is 28.9 Å². The number of carbonyl (C=O) groups is 2. The number of aliphatic hydroxyl groups is 1. The summed E-state index contributed by atoms with van der Waals surface area (Å²) in [7, 11) is 1.68. The molecule has 0 radical (unpaired) electrons. The number of cyclic esters (lactones) is 1. The van der Waals surface area contributed by atoms with Gasteiger partial charge in [0.25, 0.3) is 0 Å². The number of rotatable bonds is 4. The maximum atomic E-state index is 12.9. The third-order valence-corrected chi connectivity index (χ3v) is 6.95. The van der Waals surface area contributed by atoms with Gasteiger partial charge in [-0.1, -0.05) is 25.2 Å². The normalized spacial score (nSPS) is 39.0. The first-order valence-corrected chi connectivity index (χ1v) is 10.5. The van der Waals surface area contributed by atoms with E-state index >= 15 is 0 Å². The van der Waals surface area contributed by atoms with Crippen LogP contribution in [-0.4, -0.2) is 48.1 Å². The van der Waals surface area contributed by atoms with Crippen LogP contribution in [-0.2, 0) is 23.8 Å². The van der Waals surface area contributed by atoms with Crippen LogP contribution in [0.25, 0.3) is 0 Å². The second-order valence-corrected chi connectivity index (χ2v) is 9.72. The van der Waals surface area contributed by atoms with E-state index < -0.39 is 11.2 Å². The van der Waals surface area contributed by atoms with E-state index in [1.807, 2.05) is 12.2 Å². The molecule has 1 heterocycles. The molecular weight excluding hydrogens is 372 g/mol. The molecule has 6 heteroatoms. The first-order chi connectivity index (χ1) is 13.5. The van der Waals surface area contributed by atoms with Gasteiger partial charge in [0.2, 0.25) is 0 Å². The first kappa shape index (κ1) is 22.0. The summed E-state index contributed by atoms with van der Waals surface area (Å²) in [6.07, 6.45) is 9.01. The van der Waals surface area contributed by atoms with Crippen LogP contribution in [0.5, 0.6) is 0 Å². The highest BCUT2D eigenvalue weighted by Crippen LogP contribution is 2.57. The fourth-order valence-corrected chi connectivity index (χ4v) is 5.55. The summed E-state index contributed by atoms with van der Waals surface area (Å²) < 4.78 is 17.3. The SMILES string of the molecule is CO[C@@]12CC[C@H](OC(C)=O)[C@@](C)(CC[C@@H]3/C(=C\C=C\C(C)(C)O)COC(=O)[C@H]31)C2. The van der Waals surface area contributed by atoms with Crippen molar-refractivity contribution in [3.63, 3.8) is 0 Å². The molecule has 0 unspecified atom stereocenters. The largest absolute Gasteiger partial charge is 0.462 e. The molecule has 0 aromatic heterocycles. The number of hydrogen-bond donors (Lipinski definition) is 1. The molecule has 0 aromatic carbocycles. The Morgan fingerprint density at radius 2 is 2.03 bits per heavy atom. The maximum Gasteiger partial charge on any atom is 0.312 e. The predicted molar refractivity (Wildman–Crippen MR) is 108 cm³/mol. The molecule has 2 aliphatic carbocycles.